The summed E-state index contributed by atoms with van der Waals surface area (Å²) in [5.41, 5.74) is 9.83. The Bertz CT molecular complexity index is 2890. The zero-order chi connectivity index (χ0) is 33.0. The minimum atomic E-state index is 0.895. The number of hydrogen-bond donors (Lipinski definition) is 0. The predicted octanol–water partition coefficient (Wildman–Crippen LogP) is 13.8. The zero-order valence-corrected chi connectivity index (χ0v) is 27.3. The van der Waals surface area contributed by atoms with Gasteiger partial charge < -0.3 is 9.32 Å². The molecule has 2 heteroatoms. The van der Waals surface area contributed by atoms with Crippen LogP contribution in [-0.4, -0.2) is 0 Å². The Hall–Kier alpha value is -6.64. The highest BCUT2D eigenvalue weighted by Gasteiger charge is 2.20. The third-order valence-corrected chi connectivity index (χ3v) is 10.0. The molecule has 0 fully saturated rings. The lowest BCUT2D eigenvalue weighted by atomic mass is 9.96. The summed E-state index contributed by atoms with van der Waals surface area (Å²) < 4.78 is 6.49. The number of furan rings is 1. The Morgan fingerprint density at radius 3 is 1.88 bits per heavy atom. The molecule has 50 heavy (non-hydrogen) atoms. The maximum absolute atomic E-state index is 6.49. The number of fused-ring (bicyclic) bond motifs is 7. The van der Waals surface area contributed by atoms with Crippen molar-refractivity contribution in [1.29, 1.82) is 0 Å². The number of para-hydroxylation sites is 1. The van der Waals surface area contributed by atoms with E-state index in [1.54, 1.807) is 0 Å². The molecule has 0 N–H and O–H groups in total. The van der Waals surface area contributed by atoms with E-state index in [1.807, 2.05) is 0 Å². The third kappa shape index (κ3) is 4.65. The quantitative estimate of drug-likeness (QED) is 0.187. The number of anilines is 3. The lowest BCUT2D eigenvalue weighted by molar-refractivity contribution is 0.672. The van der Waals surface area contributed by atoms with Crippen LogP contribution in [0.2, 0.25) is 0 Å². The fourth-order valence-electron chi connectivity index (χ4n) is 7.62. The molecule has 0 radical (unpaired) electrons. The van der Waals surface area contributed by atoms with Gasteiger partial charge >= 0.3 is 0 Å². The summed E-state index contributed by atoms with van der Waals surface area (Å²) in [6.07, 6.45) is 0. The first-order chi connectivity index (χ1) is 24.8. The molecule has 234 valence electrons. The van der Waals surface area contributed by atoms with Crippen LogP contribution < -0.4 is 4.90 Å². The summed E-state index contributed by atoms with van der Waals surface area (Å²) in [5.74, 6) is 0. The summed E-state index contributed by atoms with van der Waals surface area (Å²) >= 11 is 0. The van der Waals surface area contributed by atoms with Crippen molar-refractivity contribution in [3.05, 3.63) is 188 Å². The number of hydrogen-bond acceptors (Lipinski definition) is 2. The van der Waals surface area contributed by atoms with Crippen LogP contribution in [0.4, 0.5) is 17.1 Å². The van der Waals surface area contributed by atoms with Gasteiger partial charge in [-0.15, -0.1) is 0 Å². The van der Waals surface area contributed by atoms with E-state index in [4.69, 9.17) is 4.42 Å². The summed E-state index contributed by atoms with van der Waals surface area (Å²) in [6.45, 7) is 0. The van der Waals surface area contributed by atoms with E-state index in [0.717, 1.165) is 55.5 Å². The van der Waals surface area contributed by atoms with Crippen molar-refractivity contribution in [3.8, 4) is 22.3 Å². The lowest BCUT2D eigenvalue weighted by Crippen LogP contribution is -2.11. The van der Waals surface area contributed by atoms with Crippen LogP contribution in [0, 0.1) is 0 Å². The molecule has 9 aromatic carbocycles. The first-order valence-electron chi connectivity index (χ1n) is 17.1. The second kappa shape index (κ2) is 11.5. The van der Waals surface area contributed by atoms with Crippen LogP contribution in [-0.2, 0) is 0 Å². The summed E-state index contributed by atoms with van der Waals surface area (Å²) in [4.78, 5) is 2.40. The van der Waals surface area contributed by atoms with Gasteiger partial charge in [-0.2, -0.15) is 0 Å². The van der Waals surface area contributed by atoms with Gasteiger partial charge in [0.2, 0.25) is 0 Å². The molecule has 0 unspecified atom stereocenters. The van der Waals surface area contributed by atoms with Crippen molar-refractivity contribution in [2.75, 3.05) is 4.90 Å². The van der Waals surface area contributed by atoms with E-state index in [1.165, 1.54) is 38.1 Å². The molecule has 0 aliphatic heterocycles. The maximum Gasteiger partial charge on any atom is 0.143 e. The van der Waals surface area contributed by atoms with E-state index in [0.29, 0.717) is 0 Å². The fraction of sp³-hybridized carbons (Fsp3) is 0. The first-order valence-corrected chi connectivity index (χ1v) is 17.1. The van der Waals surface area contributed by atoms with E-state index >= 15 is 0 Å². The predicted molar refractivity (Wildman–Crippen MR) is 212 cm³/mol. The Balaban J connectivity index is 1.18. The SMILES string of the molecule is c1cc(-c2cccc3ccccc23)cc(N(c2ccc3ccccc3c2)c2ccccc2-c2ccc3oc4c5ccccc5ccc4c3c2)c1. The Labute approximate surface area is 290 Å². The molecule has 10 aromatic rings. The standard InChI is InChI=1S/C48H31NO/c1-2-14-35-29-39(26-23-32(35)11-1)49(38-17-9-16-36(30-38)41-21-10-15-33-12-3-5-18-40(33)41)46-22-8-7-19-42(46)37-25-28-47-45(31-37)44-27-24-34-13-4-6-20-43(34)48(44)50-47/h1-31H. The minimum Gasteiger partial charge on any atom is -0.455 e. The molecular formula is C48H31NO. The number of rotatable bonds is 5. The normalized spacial score (nSPS) is 11.6. The van der Waals surface area contributed by atoms with Gasteiger partial charge in [0, 0.05) is 33.1 Å². The smallest absolute Gasteiger partial charge is 0.143 e. The van der Waals surface area contributed by atoms with Crippen LogP contribution in [0.15, 0.2) is 192 Å². The van der Waals surface area contributed by atoms with Crippen LogP contribution >= 0.6 is 0 Å². The monoisotopic (exact) mass is 637 g/mol. The highest BCUT2D eigenvalue weighted by atomic mass is 16.3. The summed E-state index contributed by atoms with van der Waals surface area (Å²) in [5, 5.41) is 9.48. The van der Waals surface area contributed by atoms with Crippen molar-refractivity contribution in [2.24, 2.45) is 0 Å². The molecule has 0 aliphatic rings. The van der Waals surface area contributed by atoms with Crippen LogP contribution in [0.1, 0.15) is 0 Å². The van der Waals surface area contributed by atoms with E-state index in [2.05, 4.69) is 193 Å². The Kier molecular flexibility index (Phi) is 6.53. The van der Waals surface area contributed by atoms with Gasteiger partial charge in [-0.05, 0) is 92.2 Å². The highest BCUT2D eigenvalue weighted by Crippen LogP contribution is 2.44. The molecule has 0 aliphatic carbocycles. The fourth-order valence-corrected chi connectivity index (χ4v) is 7.62. The molecular weight excluding hydrogens is 607 g/mol. The molecule has 0 saturated carbocycles. The van der Waals surface area contributed by atoms with Gasteiger partial charge in [0.25, 0.3) is 0 Å². The molecule has 0 spiro atoms. The van der Waals surface area contributed by atoms with Gasteiger partial charge in [-0.1, -0.05) is 140 Å². The van der Waals surface area contributed by atoms with Crippen LogP contribution in [0.5, 0.6) is 0 Å². The molecule has 10 rings (SSSR count). The van der Waals surface area contributed by atoms with Gasteiger partial charge in [0.05, 0.1) is 5.69 Å². The van der Waals surface area contributed by atoms with Gasteiger partial charge in [-0.25, -0.2) is 0 Å². The summed E-state index contributed by atoms with van der Waals surface area (Å²) in [7, 11) is 0. The van der Waals surface area contributed by atoms with Crippen molar-refractivity contribution in [1.82, 2.24) is 0 Å². The van der Waals surface area contributed by atoms with Gasteiger partial charge in [0.1, 0.15) is 11.2 Å². The summed E-state index contributed by atoms with van der Waals surface area (Å²) in [6, 6.07) is 67.6. The van der Waals surface area contributed by atoms with Crippen LogP contribution in [0.3, 0.4) is 0 Å². The molecule has 0 atom stereocenters. The van der Waals surface area contributed by atoms with Crippen molar-refractivity contribution in [2.45, 2.75) is 0 Å². The average Bonchev–Trinajstić information content (AvgIpc) is 3.57. The van der Waals surface area contributed by atoms with Crippen LogP contribution in [0.25, 0.3) is 76.5 Å². The number of nitrogens with zero attached hydrogens (tertiary/aromatic N) is 1. The van der Waals surface area contributed by atoms with Crippen molar-refractivity contribution < 1.29 is 4.42 Å². The zero-order valence-electron chi connectivity index (χ0n) is 27.3. The molecule has 1 aromatic heterocycles. The van der Waals surface area contributed by atoms with E-state index in [-0.39, 0.29) is 0 Å². The van der Waals surface area contributed by atoms with Crippen molar-refractivity contribution in [3.63, 3.8) is 0 Å². The molecule has 2 nitrogen and oxygen atoms in total. The number of benzene rings is 9. The third-order valence-electron chi connectivity index (χ3n) is 10.0. The molecule has 0 saturated heterocycles. The second-order valence-corrected chi connectivity index (χ2v) is 12.9. The van der Waals surface area contributed by atoms with Crippen molar-refractivity contribution >= 4 is 71.3 Å². The molecule has 1 heterocycles. The molecule has 0 bridgehead atoms. The highest BCUT2D eigenvalue weighted by molar-refractivity contribution is 6.15. The van der Waals surface area contributed by atoms with E-state index in [9.17, 15) is 0 Å². The lowest BCUT2D eigenvalue weighted by Gasteiger charge is -2.28. The van der Waals surface area contributed by atoms with Gasteiger partial charge in [-0.3, -0.25) is 0 Å². The topological polar surface area (TPSA) is 16.4 Å². The van der Waals surface area contributed by atoms with E-state index < -0.39 is 0 Å². The Morgan fingerprint density at radius 1 is 0.340 bits per heavy atom. The molecule has 0 amide bonds. The van der Waals surface area contributed by atoms with Gasteiger partial charge in [0.15, 0.2) is 0 Å². The largest absolute Gasteiger partial charge is 0.455 e. The maximum atomic E-state index is 6.49. The minimum absolute atomic E-state index is 0.895. The second-order valence-electron chi connectivity index (χ2n) is 12.9. The first kappa shape index (κ1) is 28.4. The average molecular weight is 638 g/mol. The Morgan fingerprint density at radius 2 is 0.980 bits per heavy atom.